The number of carbonyl (C=O) groups is 4. The lowest BCUT2D eigenvalue weighted by Crippen LogP contribution is -2.60. The van der Waals surface area contributed by atoms with E-state index in [1.807, 2.05) is 0 Å². The molecular formula is C37H46FN5O7S2. The molecule has 0 aromatic heterocycles. The number of hydrogen-bond donors (Lipinski definition) is 3. The van der Waals surface area contributed by atoms with Gasteiger partial charge in [0, 0.05) is 17.7 Å². The zero-order valence-electron chi connectivity index (χ0n) is 29.6. The predicted molar refractivity (Wildman–Crippen MR) is 194 cm³/mol. The Morgan fingerprint density at radius 1 is 1.00 bits per heavy atom. The van der Waals surface area contributed by atoms with Crippen LogP contribution in [0.15, 0.2) is 66.1 Å². The van der Waals surface area contributed by atoms with E-state index in [0.717, 1.165) is 47.7 Å². The number of nitrogens with zero attached hydrogens (tertiary/aromatic N) is 2. The number of sulfonamides is 1. The van der Waals surface area contributed by atoms with Crippen LogP contribution in [0.1, 0.15) is 65.7 Å². The fraction of sp³-hybridized carbons (Fsp3) is 0.514. The molecule has 0 radical (unpaired) electrons. The minimum Gasteiger partial charge on any atom is -0.446 e. The van der Waals surface area contributed by atoms with Gasteiger partial charge in [0.15, 0.2) is 0 Å². The number of rotatable bonds is 12. The summed E-state index contributed by atoms with van der Waals surface area (Å²) in [6.07, 6.45) is 6.21. The van der Waals surface area contributed by atoms with Crippen LogP contribution in [0.2, 0.25) is 0 Å². The second kappa shape index (κ2) is 14.8. The van der Waals surface area contributed by atoms with Crippen LogP contribution >= 0.6 is 11.9 Å². The molecule has 4 fully saturated rings. The first-order valence-electron chi connectivity index (χ1n) is 17.7. The van der Waals surface area contributed by atoms with Crippen LogP contribution in [0.5, 0.6) is 0 Å². The van der Waals surface area contributed by atoms with Crippen LogP contribution in [-0.2, 0) is 29.1 Å². The largest absolute Gasteiger partial charge is 0.446 e. The first-order valence-corrected chi connectivity index (χ1v) is 20.0. The number of nitrogens with one attached hydrogen (secondary N) is 3. The average molecular weight is 756 g/mol. The number of halogens is 1. The van der Waals surface area contributed by atoms with Gasteiger partial charge in [-0.15, -0.1) is 6.58 Å². The van der Waals surface area contributed by atoms with Crippen molar-refractivity contribution < 1.29 is 36.7 Å². The molecule has 1 aliphatic heterocycles. The molecule has 4 atom stereocenters. The van der Waals surface area contributed by atoms with Gasteiger partial charge in [-0.05, 0) is 97.7 Å². The van der Waals surface area contributed by atoms with Crippen molar-refractivity contribution in [1.82, 2.24) is 24.6 Å². The number of benzene rings is 2. The maximum atomic E-state index is 14.5. The molecular weight excluding hydrogens is 710 g/mol. The highest BCUT2D eigenvalue weighted by Gasteiger charge is 2.61. The summed E-state index contributed by atoms with van der Waals surface area (Å²) in [5.74, 6) is -2.49. The van der Waals surface area contributed by atoms with Crippen molar-refractivity contribution in [3.05, 3.63) is 67.0 Å². The van der Waals surface area contributed by atoms with Gasteiger partial charge in [-0.1, -0.05) is 51.1 Å². The molecule has 2 aromatic carbocycles. The topological polar surface area (TPSA) is 154 Å². The summed E-state index contributed by atoms with van der Waals surface area (Å²) < 4.78 is 51.2. The maximum Gasteiger partial charge on any atom is 0.408 e. The molecule has 52 heavy (non-hydrogen) atoms. The van der Waals surface area contributed by atoms with Crippen molar-refractivity contribution in [1.29, 1.82) is 0 Å². The summed E-state index contributed by atoms with van der Waals surface area (Å²) in [6, 6.07) is 9.33. The molecule has 0 bridgehead atoms. The summed E-state index contributed by atoms with van der Waals surface area (Å²) in [7, 11) is -4.26. The Balaban J connectivity index is 1.27. The van der Waals surface area contributed by atoms with Gasteiger partial charge in [-0.2, -0.15) is 4.31 Å². The summed E-state index contributed by atoms with van der Waals surface area (Å²) in [4.78, 5) is 56.2. The first kappa shape index (κ1) is 37.8. The second-order valence-electron chi connectivity index (χ2n) is 15.1. The highest BCUT2D eigenvalue weighted by atomic mass is 32.2. The minimum atomic E-state index is -4.26. The van der Waals surface area contributed by atoms with Crippen molar-refractivity contribution in [2.75, 3.05) is 13.2 Å². The van der Waals surface area contributed by atoms with Crippen LogP contribution in [0.4, 0.5) is 9.18 Å². The molecule has 2 aromatic rings. The Hall–Kier alpha value is -3.95. The monoisotopic (exact) mass is 755 g/mol. The Kier molecular flexibility index (Phi) is 10.8. The van der Waals surface area contributed by atoms with E-state index < -0.39 is 70.0 Å². The molecule has 0 unspecified atom stereocenters. The third-order valence-corrected chi connectivity index (χ3v) is 13.1. The van der Waals surface area contributed by atoms with Gasteiger partial charge in [0.25, 0.3) is 5.91 Å². The molecule has 3 aliphatic carbocycles. The normalized spacial score (nSPS) is 24.2. The zero-order valence-corrected chi connectivity index (χ0v) is 31.2. The molecule has 1 heterocycles. The lowest BCUT2D eigenvalue weighted by molar-refractivity contribution is -0.142. The van der Waals surface area contributed by atoms with Gasteiger partial charge in [0.1, 0.15) is 29.5 Å². The fourth-order valence-electron chi connectivity index (χ4n) is 6.73. The quantitative estimate of drug-likeness (QED) is 0.208. The Bertz CT molecular complexity index is 1810. The van der Waals surface area contributed by atoms with E-state index in [1.165, 1.54) is 36.2 Å². The SMILES string of the molecule is C=C[C@@H]1C[C@]1(NC(=O)[C@@H]1CN(S(=O)(=O)c2ccc(-c3ccc(F)cc3)cc2)CN1C(=O)[C@@H](NC(=O)OC1CCCC1)C(C)(C)C)C(=O)NSC1CC1. The van der Waals surface area contributed by atoms with Crippen molar-refractivity contribution in [3.8, 4) is 11.1 Å². The molecule has 280 valence electrons. The summed E-state index contributed by atoms with van der Waals surface area (Å²) >= 11 is 1.31. The molecule has 4 aliphatic rings. The number of amides is 4. The standard InChI is InChI=1S/C37H46FN5O7S2/c1-5-25-20-37(25,34(46)41-51-28-16-17-28)40-32(44)30-21-42(52(48,49)29-18-12-24(13-19-29)23-10-14-26(38)15-11-23)22-43(30)33(45)31(36(2,3)4)39-35(47)50-27-8-6-7-9-27/h5,10-15,18-19,25,27-28,30-31H,1,6-9,16-17,20-22H2,2-4H3,(H,39,47)(H,40,44)(H,41,46)/t25-,30+,31-,37-/m1/s1. The van der Waals surface area contributed by atoms with E-state index in [4.69, 9.17) is 4.74 Å². The fourth-order valence-corrected chi connectivity index (χ4v) is 8.94. The summed E-state index contributed by atoms with van der Waals surface area (Å²) in [5, 5.41) is 5.89. The van der Waals surface area contributed by atoms with E-state index in [0.29, 0.717) is 22.8 Å². The van der Waals surface area contributed by atoms with Crippen molar-refractivity contribution >= 4 is 45.8 Å². The number of carbonyl (C=O) groups excluding carboxylic acids is 4. The van der Waals surface area contributed by atoms with Crippen molar-refractivity contribution in [3.63, 3.8) is 0 Å². The number of alkyl carbamates (subject to hydrolysis) is 1. The van der Waals surface area contributed by atoms with Gasteiger partial charge in [0.2, 0.25) is 21.8 Å². The van der Waals surface area contributed by atoms with E-state index >= 15 is 0 Å². The highest BCUT2D eigenvalue weighted by Crippen LogP contribution is 2.46. The van der Waals surface area contributed by atoms with Crippen LogP contribution in [0.25, 0.3) is 11.1 Å². The Labute approximate surface area is 308 Å². The Morgan fingerprint density at radius 2 is 1.62 bits per heavy atom. The molecule has 3 N–H and O–H groups in total. The van der Waals surface area contributed by atoms with Gasteiger partial charge in [0.05, 0.1) is 11.6 Å². The van der Waals surface area contributed by atoms with E-state index in [2.05, 4.69) is 21.9 Å². The Morgan fingerprint density at radius 3 is 2.17 bits per heavy atom. The smallest absolute Gasteiger partial charge is 0.408 e. The van der Waals surface area contributed by atoms with Crippen LogP contribution in [0.3, 0.4) is 0 Å². The van der Waals surface area contributed by atoms with E-state index in [-0.39, 0.29) is 22.8 Å². The van der Waals surface area contributed by atoms with Gasteiger partial charge >= 0.3 is 6.09 Å². The molecule has 6 rings (SSSR count). The molecule has 12 nitrogen and oxygen atoms in total. The van der Waals surface area contributed by atoms with E-state index in [1.54, 1.807) is 51.1 Å². The number of ether oxygens (including phenoxy) is 1. The lowest BCUT2D eigenvalue weighted by Gasteiger charge is -2.35. The summed E-state index contributed by atoms with van der Waals surface area (Å²) in [6.45, 7) is 8.21. The van der Waals surface area contributed by atoms with Crippen molar-refractivity contribution in [2.45, 2.75) is 99.6 Å². The highest BCUT2D eigenvalue weighted by molar-refractivity contribution is 7.98. The predicted octanol–water partition coefficient (Wildman–Crippen LogP) is 4.72. The third-order valence-electron chi connectivity index (χ3n) is 10.2. The molecule has 1 saturated heterocycles. The van der Waals surface area contributed by atoms with Crippen LogP contribution in [-0.4, -0.2) is 83.6 Å². The summed E-state index contributed by atoms with van der Waals surface area (Å²) in [5.41, 5.74) is -0.785. The molecule has 0 spiro atoms. The second-order valence-corrected chi connectivity index (χ2v) is 18.2. The molecule has 15 heteroatoms. The first-order chi connectivity index (χ1) is 24.6. The van der Waals surface area contributed by atoms with Crippen LogP contribution < -0.4 is 15.4 Å². The average Bonchev–Trinajstić information content (AvgIpc) is 3.95. The number of hydrogen-bond acceptors (Lipinski definition) is 8. The van der Waals surface area contributed by atoms with Gasteiger partial charge in [-0.25, -0.2) is 17.6 Å². The van der Waals surface area contributed by atoms with Crippen LogP contribution in [0, 0.1) is 17.2 Å². The lowest BCUT2D eigenvalue weighted by atomic mass is 9.85. The van der Waals surface area contributed by atoms with Gasteiger partial charge < -0.3 is 20.3 Å². The van der Waals surface area contributed by atoms with E-state index in [9.17, 15) is 32.0 Å². The molecule has 3 saturated carbocycles. The third kappa shape index (κ3) is 8.16. The van der Waals surface area contributed by atoms with Crippen molar-refractivity contribution in [2.24, 2.45) is 11.3 Å². The van der Waals surface area contributed by atoms with Gasteiger partial charge in [-0.3, -0.25) is 19.1 Å². The zero-order chi connectivity index (χ0) is 37.4. The minimum absolute atomic E-state index is 0.0701. The maximum absolute atomic E-state index is 14.5. The molecule has 4 amide bonds.